The van der Waals surface area contributed by atoms with Crippen LogP contribution < -0.4 is 0 Å². The van der Waals surface area contributed by atoms with Crippen molar-refractivity contribution in [2.24, 2.45) is 5.92 Å². The molecule has 0 saturated heterocycles. The molecule has 0 radical (unpaired) electrons. The zero-order valence-corrected chi connectivity index (χ0v) is 27.0. The van der Waals surface area contributed by atoms with E-state index in [1.165, 1.54) is 154 Å². The smallest absolute Gasteiger partial charge is 0.0431 e. The van der Waals surface area contributed by atoms with Gasteiger partial charge in [-0.3, -0.25) is 0 Å². The molecule has 0 fully saturated rings. The van der Waals surface area contributed by atoms with Gasteiger partial charge in [0, 0.05) is 19.4 Å². The zero-order chi connectivity index (χ0) is 28.2. The van der Waals surface area contributed by atoms with Crippen molar-refractivity contribution < 1.29 is 5.11 Å². The highest BCUT2D eigenvalue weighted by atomic mass is 16.2. The van der Waals surface area contributed by atoms with Gasteiger partial charge >= 0.3 is 0 Å². The molecular formula is C37H72O. The maximum atomic E-state index is 8.65. The third kappa shape index (κ3) is 39.8. The van der Waals surface area contributed by atoms with Crippen molar-refractivity contribution in [2.75, 3.05) is 6.61 Å². The van der Waals surface area contributed by atoms with Crippen molar-refractivity contribution in [3.05, 3.63) is 12.2 Å². The standard InChI is InChI=1S/C20H38.C17H34O/c1-3-5-7-9-11-13-15-17-19-20-18-16-14-12-10-8-6-4-2;1-3-17(2)15-13-11-9-7-5-4-6-8-10-12-14-16-18/h3-5,7,9-20H2,1-2H3;5,7,17-18H,3-4,6,8-16H2,1-2H3/b;7-5-/t;17-/m.1/s1. The van der Waals surface area contributed by atoms with E-state index in [9.17, 15) is 0 Å². The molecule has 226 valence electrons. The van der Waals surface area contributed by atoms with Gasteiger partial charge in [0.1, 0.15) is 0 Å². The first-order valence-electron chi connectivity index (χ1n) is 17.4. The largest absolute Gasteiger partial charge is 0.396 e. The zero-order valence-electron chi connectivity index (χ0n) is 27.0. The lowest BCUT2D eigenvalue weighted by atomic mass is 10.0. The molecule has 0 aliphatic carbocycles. The first kappa shape index (κ1) is 39.4. The fourth-order valence-corrected chi connectivity index (χ4v) is 4.72. The van der Waals surface area contributed by atoms with E-state index in [4.69, 9.17) is 5.11 Å². The molecule has 0 spiro atoms. The Labute approximate surface area is 242 Å². The molecule has 0 aliphatic heterocycles. The van der Waals surface area contributed by atoms with Crippen molar-refractivity contribution >= 4 is 0 Å². The van der Waals surface area contributed by atoms with Crippen LogP contribution in [0.5, 0.6) is 0 Å². The van der Waals surface area contributed by atoms with Gasteiger partial charge in [-0.1, -0.05) is 162 Å². The fourth-order valence-electron chi connectivity index (χ4n) is 4.72. The molecular weight excluding hydrogens is 460 g/mol. The molecule has 1 heteroatoms. The first-order chi connectivity index (χ1) is 18.7. The van der Waals surface area contributed by atoms with Gasteiger partial charge in [-0.15, -0.1) is 11.8 Å². The highest BCUT2D eigenvalue weighted by Gasteiger charge is 1.97. The van der Waals surface area contributed by atoms with E-state index in [1.807, 2.05) is 0 Å². The normalized spacial score (nSPS) is 11.7. The molecule has 0 saturated carbocycles. The topological polar surface area (TPSA) is 20.2 Å². The van der Waals surface area contributed by atoms with E-state index < -0.39 is 0 Å². The summed E-state index contributed by atoms with van der Waals surface area (Å²) in [4.78, 5) is 0. The van der Waals surface area contributed by atoms with Gasteiger partial charge in [-0.2, -0.15) is 0 Å². The summed E-state index contributed by atoms with van der Waals surface area (Å²) < 4.78 is 0. The molecule has 1 atom stereocenters. The summed E-state index contributed by atoms with van der Waals surface area (Å²) in [6.45, 7) is 9.41. The SMILES string of the molecule is CCC#CCCCCCCCCCCCCCCCC.CC[C@@H](C)CCCC/C=C\CCCCCCCO. The average Bonchev–Trinajstić information content (AvgIpc) is 2.93. The van der Waals surface area contributed by atoms with Crippen LogP contribution in [-0.2, 0) is 0 Å². The Morgan fingerprint density at radius 3 is 1.45 bits per heavy atom. The Bertz CT molecular complexity index is 483. The van der Waals surface area contributed by atoms with Crippen molar-refractivity contribution in [3.63, 3.8) is 0 Å². The minimum atomic E-state index is 0.358. The molecule has 38 heavy (non-hydrogen) atoms. The van der Waals surface area contributed by atoms with Gasteiger partial charge in [0.2, 0.25) is 0 Å². The molecule has 1 N–H and O–H groups in total. The number of hydrogen-bond acceptors (Lipinski definition) is 1. The van der Waals surface area contributed by atoms with E-state index in [0.717, 1.165) is 25.2 Å². The van der Waals surface area contributed by atoms with Gasteiger partial charge < -0.3 is 5.11 Å². The lowest BCUT2D eigenvalue weighted by molar-refractivity contribution is 0.282. The third-order valence-corrected chi connectivity index (χ3v) is 7.67. The maximum Gasteiger partial charge on any atom is 0.0431 e. The number of unbranched alkanes of at least 4 members (excludes halogenated alkanes) is 21. The van der Waals surface area contributed by atoms with Crippen molar-refractivity contribution in [1.29, 1.82) is 0 Å². The van der Waals surface area contributed by atoms with E-state index in [0.29, 0.717) is 6.61 Å². The van der Waals surface area contributed by atoms with Gasteiger partial charge in [0.15, 0.2) is 0 Å². The minimum absolute atomic E-state index is 0.358. The third-order valence-electron chi connectivity index (χ3n) is 7.67. The quantitative estimate of drug-likeness (QED) is 0.0633. The summed E-state index contributed by atoms with van der Waals surface area (Å²) in [7, 11) is 0. The summed E-state index contributed by atoms with van der Waals surface area (Å²) in [5.74, 6) is 7.28. The van der Waals surface area contributed by atoms with E-state index in [2.05, 4.69) is 51.7 Å². The van der Waals surface area contributed by atoms with Crippen LogP contribution >= 0.6 is 0 Å². The molecule has 0 unspecified atom stereocenters. The lowest BCUT2D eigenvalue weighted by Gasteiger charge is -2.06. The highest BCUT2D eigenvalue weighted by molar-refractivity contribution is 4.97. The van der Waals surface area contributed by atoms with Crippen LogP contribution in [0.4, 0.5) is 0 Å². The molecule has 0 bridgehead atoms. The predicted octanol–water partition coefficient (Wildman–Crippen LogP) is 12.8. The molecule has 0 heterocycles. The van der Waals surface area contributed by atoms with Gasteiger partial charge in [0.05, 0.1) is 0 Å². The summed E-state index contributed by atoms with van der Waals surface area (Å²) in [5.41, 5.74) is 0. The van der Waals surface area contributed by atoms with Gasteiger partial charge in [-0.25, -0.2) is 0 Å². The monoisotopic (exact) mass is 533 g/mol. The maximum absolute atomic E-state index is 8.65. The fraction of sp³-hybridized carbons (Fsp3) is 0.892. The van der Waals surface area contributed by atoms with Crippen LogP contribution in [0.15, 0.2) is 12.2 Å². The number of aliphatic hydroxyl groups is 1. The number of rotatable bonds is 27. The van der Waals surface area contributed by atoms with E-state index in [-0.39, 0.29) is 0 Å². The molecule has 0 aromatic carbocycles. The highest BCUT2D eigenvalue weighted by Crippen LogP contribution is 2.14. The van der Waals surface area contributed by atoms with Crippen LogP contribution in [0.2, 0.25) is 0 Å². The molecule has 1 nitrogen and oxygen atoms in total. The Kier molecular flexibility index (Phi) is 39.8. The van der Waals surface area contributed by atoms with Crippen LogP contribution in [0.25, 0.3) is 0 Å². The lowest BCUT2D eigenvalue weighted by Crippen LogP contribution is -1.90. The summed E-state index contributed by atoms with van der Waals surface area (Å²) >= 11 is 0. The second kappa shape index (κ2) is 38.4. The van der Waals surface area contributed by atoms with Crippen LogP contribution in [0, 0.1) is 17.8 Å². The van der Waals surface area contributed by atoms with E-state index in [1.54, 1.807) is 0 Å². The van der Waals surface area contributed by atoms with Crippen molar-refractivity contribution in [1.82, 2.24) is 0 Å². The van der Waals surface area contributed by atoms with E-state index >= 15 is 0 Å². The van der Waals surface area contributed by atoms with Crippen LogP contribution in [0.1, 0.15) is 201 Å². The van der Waals surface area contributed by atoms with Crippen LogP contribution in [-0.4, -0.2) is 11.7 Å². The first-order valence-corrected chi connectivity index (χ1v) is 17.4. The Morgan fingerprint density at radius 2 is 0.974 bits per heavy atom. The molecule has 0 amide bonds. The Balaban J connectivity index is 0. The Morgan fingerprint density at radius 1 is 0.526 bits per heavy atom. The summed E-state index contributed by atoms with van der Waals surface area (Å²) in [5, 5.41) is 8.65. The number of aliphatic hydroxyl groups excluding tert-OH is 1. The predicted molar refractivity (Wildman–Crippen MR) is 175 cm³/mol. The minimum Gasteiger partial charge on any atom is -0.396 e. The average molecular weight is 533 g/mol. The molecule has 0 aliphatic rings. The molecule has 0 aromatic heterocycles. The second-order valence-electron chi connectivity index (χ2n) is 11.6. The number of hydrogen-bond donors (Lipinski definition) is 1. The second-order valence-corrected chi connectivity index (χ2v) is 11.6. The van der Waals surface area contributed by atoms with Crippen molar-refractivity contribution in [3.8, 4) is 11.8 Å². The molecule has 0 aromatic rings. The van der Waals surface area contributed by atoms with Gasteiger partial charge in [0.25, 0.3) is 0 Å². The summed E-state index contributed by atoms with van der Waals surface area (Å²) in [6.07, 6.45) is 41.0. The van der Waals surface area contributed by atoms with Crippen molar-refractivity contribution in [2.45, 2.75) is 201 Å². The Hall–Kier alpha value is -0.740. The molecule has 0 rings (SSSR count). The van der Waals surface area contributed by atoms with Gasteiger partial charge in [-0.05, 0) is 44.4 Å². The van der Waals surface area contributed by atoms with Crippen LogP contribution in [0.3, 0.4) is 0 Å². The number of allylic oxidation sites excluding steroid dienone is 2. The summed E-state index contributed by atoms with van der Waals surface area (Å²) in [6, 6.07) is 0.